The van der Waals surface area contributed by atoms with Gasteiger partial charge in [0, 0.05) is 37.3 Å². The van der Waals surface area contributed by atoms with E-state index in [1.165, 1.54) is 13.2 Å². The van der Waals surface area contributed by atoms with Crippen LogP contribution in [0.5, 0.6) is 5.75 Å². The number of carbonyl (C=O) groups excluding carboxylic acids is 1. The van der Waals surface area contributed by atoms with Gasteiger partial charge in [0.05, 0.1) is 12.7 Å². The minimum absolute atomic E-state index is 0.00361. The van der Waals surface area contributed by atoms with E-state index in [9.17, 15) is 18.7 Å². The summed E-state index contributed by atoms with van der Waals surface area (Å²) in [5, 5.41) is 11.6. The van der Waals surface area contributed by atoms with Crippen LogP contribution in [-0.4, -0.2) is 32.3 Å². The van der Waals surface area contributed by atoms with Gasteiger partial charge in [0.1, 0.15) is 5.75 Å². The number of esters is 1. The average Bonchev–Trinajstić information content (AvgIpc) is 3.06. The van der Waals surface area contributed by atoms with Crippen LogP contribution in [0.15, 0.2) is 72.3 Å². The molecule has 5 nitrogen and oxygen atoms in total. The highest BCUT2D eigenvalue weighted by Crippen LogP contribution is 2.45. The molecule has 33 heavy (non-hydrogen) atoms. The summed E-state index contributed by atoms with van der Waals surface area (Å²) in [7, 11) is 5.36. The molecular formula is C26H23F2NO4. The molecule has 3 aromatic carbocycles. The summed E-state index contributed by atoms with van der Waals surface area (Å²) in [6.07, 6.45) is 0.149. The highest BCUT2D eigenvalue weighted by molar-refractivity contribution is 6.20. The van der Waals surface area contributed by atoms with Gasteiger partial charge in [0.15, 0.2) is 11.6 Å². The summed E-state index contributed by atoms with van der Waals surface area (Å²) in [6.45, 7) is 0. The van der Waals surface area contributed by atoms with Gasteiger partial charge in [0.2, 0.25) is 0 Å². The van der Waals surface area contributed by atoms with Crippen molar-refractivity contribution in [2.45, 2.75) is 12.2 Å². The van der Waals surface area contributed by atoms with Crippen LogP contribution in [0.3, 0.4) is 0 Å². The van der Waals surface area contributed by atoms with E-state index >= 15 is 0 Å². The predicted molar refractivity (Wildman–Crippen MR) is 121 cm³/mol. The van der Waals surface area contributed by atoms with Crippen molar-refractivity contribution in [3.8, 4) is 5.75 Å². The fraction of sp³-hybridized carbons (Fsp3) is 0.192. The van der Waals surface area contributed by atoms with Gasteiger partial charge >= 0.3 is 5.97 Å². The average molecular weight is 451 g/mol. The smallest absolute Gasteiger partial charge is 0.342 e. The Morgan fingerprint density at radius 2 is 1.64 bits per heavy atom. The normalized spacial score (nSPS) is 17.8. The Labute approximate surface area is 190 Å². The number of nitrogens with zero attached hydrogens (tertiary/aromatic N) is 1. The molecule has 1 heterocycles. The van der Waals surface area contributed by atoms with E-state index in [4.69, 9.17) is 9.47 Å². The van der Waals surface area contributed by atoms with Crippen molar-refractivity contribution >= 4 is 17.2 Å². The lowest BCUT2D eigenvalue weighted by Gasteiger charge is -2.26. The standard InChI is InChI=1S/C26H23F2NO4/c1-29(2)19-9-4-16(5-10-19)14-21-24(17-6-13-22(27)23(28)15-17)25(30)33-26(21,31)18-7-11-20(32-3)12-8-18/h4-13,15,31H,14H2,1-3H3. The fourth-order valence-electron chi connectivity index (χ4n) is 3.86. The maximum Gasteiger partial charge on any atom is 0.342 e. The van der Waals surface area contributed by atoms with Crippen LogP contribution in [0, 0.1) is 11.6 Å². The lowest BCUT2D eigenvalue weighted by Crippen LogP contribution is -2.29. The number of hydrogen-bond acceptors (Lipinski definition) is 5. The lowest BCUT2D eigenvalue weighted by molar-refractivity contribution is -0.185. The second-order valence-corrected chi connectivity index (χ2v) is 7.98. The summed E-state index contributed by atoms with van der Waals surface area (Å²) in [5.74, 6) is -4.46. The van der Waals surface area contributed by atoms with Crippen molar-refractivity contribution in [3.05, 3.63) is 101 Å². The molecule has 3 aromatic rings. The third-order valence-electron chi connectivity index (χ3n) is 5.68. The quantitative estimate of drug-likeness (QED) is 0.562. The minimum atomic E-state index is -2.08. The Morgan fingerprint density at radius 3 is 2.21 bits per heavy atom. The molecule has 1 aliphatic heterocycles. The number of hydrogen-bond donors (Lipinski definition) is 1. The molecule has 1 aliphatic rings. The Balaban J connectivity index is 1.86. The van der Waals surface area contributed by atoms with E-state index in [1.54, 1.807) is 24.3 Å². The number of aliphatic hydroxyl groups is 1. The first-order chi connectivity index (χ1) is 15.7. The number of ether oxygens (including phenoxy) is 2. The molecule has 0 radical (unpaired) electrons. The largest absolute Gasteiger partial charge is 0.497 e. The summed E-state index contributed by atoms with van der Waals surface area (Å²) in [4.78, 5) is 14.9. The van der Waals surface area contributed by atoms with Gasteiger partial charge in [0.25, 0.3) is 5.79 Å². The molecule has 0 spiro atoms. The molecule has 0 saturated carbocycles. The Bertz CT molecular complexity index is 1220. The number of cyclic esters (lactones) is 1. The molecule has 0 saturated heterocycles. The summed E-state index contributed by atoms with van der Waals surface area (Å²) in [5.41, 5.74) is 2.47. The monoisotopic (exact) mass is 451 g/mol. The zero-order valence-corrected chi connectivity index (χ0v) is 18.4. The van der Waals surface area contributed by atoms with Gasteiger partial charge in [-0.3, -0.25) is 0 Å². The summed E-state index contributed by atoms with van der Waals surface area (Å²) >= 11 is 0. The topological polar surface area (TPSA) is 59.0 Å². The molecule has 0 aliphatic carbocycles. The molecule has 0 aromatic heterocycles. The fourth-order valence-corrected chi connectivity index (χ4v) is 3.86. The van der Waals surface area contributed by atoms with Crippen molar-refractivity contribution in [1.29, 1.82) is 0 Å². The summed E-state index contributed by atoms with van der Waals surface area (Å²) < 4.78 is 38.2. The number of carbonyl (C=O) groups is 1. The van der Waals surface area contributed by atoms with E-state index in [0.29, 0.717) is 11.3 Å². The zero-order chi connectivity index (χ0) is 23.8. The minimum Gasteiger partial charge on any atom is -0.497 e. The highest BCUT2D eigenvalue weighted by atomic mass is 19.2. The molecule has 7 heteroatoms. The molecule has 1 unspecified atom stereocenters. The third-order valence-corrected chi connectivity index (χ3v) is 5.68. The molecule has 1 N–H and O–H groups in total. The maximum absolute atomic E-state index is 14.0. The third kappa shape index (κ3) is 4.19. The van der Waals surface area contributed by atoms with Crippen LogP contribution in [0.4, 0.5) is 14.5 Å². The van der Waals surface area contributed by atoms with Crippen LogP contribution in [-0.2, 0) is 21.7 Å². The van der Waals surface area contributed by atoms with Gasteiger partial charge in [-0.05, 0) is 59.7 Å². The van der Waals surface area contributed by atoms with E-state index in [0.717, 1.165) is 23.4 Å². The number of methoxy groups -OCH3 is 1. The molecular weight excluding hydrogens is 428 g/mol. The van der Waals surface area contributed by atoms with Crippen molar-refractivity contribution in [3.63, 3.8) is 0 Å². The summed E-state index contributed by atoms with van der Waals surface area (Å²) in [6, 6.07) is 17.2. The van der Waals surface area contributed by atoms with Gasteiger partial charge in [-0.1, -0.05) is 18.2 Å². The van der Waals surface area contributed by atoms with Gasteiger partial charge < -0.3 is 19.5 Å². The number of rotatable bonds is 6. The molecule has 170 valence electrons. The number of halogens is 2. The van der Waals surface area contributed by atoms with Gasteiger partial charge in [-0.2, -0.15) is 0 Å². The molecule has 1 atom stereocenters. The van der Waals surface area contributed by atoms with E-state index < -0.39 is 23.4 Å². The first kappa shape index (κ1) is 22.5. The highest BCUT2D eigenvalue weighted by Gasteiger charge is 2.48. The maximum atomic E-state index is 14.0. The predicted octanol–water partition coefficient (Wildman–Crippen LogP) is 4.44. The Kier molecular flexibility index (Phi) is 5.91. The molecule has 0 fully saturated rings. The van der Waals surface area contributed by atoms with Crippen LogP contribution in [0.2, 0.25) is 0 Å². The van der Waals surface area contributed by atoms with Crippen molar-refractivity contribution in [2.24, 2.45) is 0 Å². The first-order valence-corrected chi connectivity index (χ1v) is 10.3. The first-order valence-electron chi connectivity index (χ1n) is 10.3. The Morgan fingerprint density at radius 1 is 0.970 bits per heavy atom. The van der Waals surface area contributed by atoms with Crippen molar-refractivity contribution < 1.29 is 28.2 Å². The van der Waals surface area contributed by atoms with Crippen LogP contribution in [0.25, 0.3) is 5.57 Å². The van der Waals surface area contributed by atoms with E-state index in [1.807, 2.05) is 43.3 Å². The molecule has 0 bridgehead atoms. The second kappa shape index (κ2) is 8.67. The van der Waals surface area contributed by atoms with Crippen molar-refractivity contribution in [1.82, 2.24) is 0 Å². The molecule has 4 rings (SSSR count). The van der Waals surface area contributed by atoms with Crippen LogP contribution < -0.4 is 9.64 Å². The van der Waals surface area contributed by atoms with E-state index in [-0.39, 0.29) is 23.1 Å². The number of anilines is 1. The van der Waals surface area contributed by atoms with Crippen LogP contribution >= 0.6 is 0 Å². The SMILES string of the molecule is COc1ccc(C2(O)OC(=O)C(c3ccc(F)c(F)c3)=C2Cc2ccc(N(C)C)cc2)cc1. The number of benzene rings is 3. The lowest BCUT2D eigenvalue weighted by atomic mass is 9.88. The van der Waals surface area contributed by atoms with Gasteiger partial charge in [-0.25, -0.2) is 13.6 Å². The zero-order valence-electron chi connectivity index (χ0n) is 18.4. The second-order valence-electron chi connectivity index (χ2n) is 7.98. The van der Waals surface area contributed by atoms with E-state index in [2.05, 4.69) is 0 Å². The van der Waals surface area contributed by atoms with Gasteiger partial charge in [-0.15, -0.1) is 0 Å². The Hall–Kier alpha value is -3.71. The molecule has 0 amide bonds. The van der Waals surface area contributed by atoms with Crippen molar-refractivity contribution in [2.75, 3.05) is 26.1 Å². The van der Waals surface area contributed by atoms with Crippen LogP contribution in [0.1, 0.15) is 16.7 Å².